The number of anilines is 1. The number of nitrogens with one attached hydrogen (secondary N) is 1. The molecule has 51 heavy (non-hydrogen) atoms. The van der Waals surface area contributed by atoms with Gasteiger partial charge in [0, 0.05) is 49.5 Å². The van der Waals surface area contributed by atoms with Gasteiger partial charge in [0.2, 0.25) is 5.88 Å². The molecule has 11 nitrogen and oxygen atoms in total. The van der Waals surface area contributed by atoms with Crippen molar-refractivity contribution in [3.8, 4) is 22.6 Å². The van der Waals surface area contributed by atoms with Crippen molar-refractivity contribution in [2.75, 3.05) is 11.3 Å². The van der Waals surface area contributed by atoms with Crippen molar-refractivity contribution in [2.45, 2.75) is 65.5 Å². The monoisotopic (exact) mass is 703 g/mol. The Labute approximate surface area is 297 Å². The zero-order valence-corrected chi connectivity index (χ0v) is 30.5. The summed E-state index contributed by atoms with van der Waals surface area (Å²) in [6, 6.07) is 21.7. The largest absolute Gasteiger partial charge is 0.377 e. The molecule has 4 heterocycles. The SMILES string of the molecule is CCCc1nc2c(C)cc(-c3nc4ccccc4n3C)cc2n1Cc1ccc(-c2ncccc2S(=O)(=O)Nc2onc(C)c2C)c(COCC)c1. The molecule has 3 aromatic carbocycles. The summed E-state index contributed by atoms with van der Waals surface area (Å²) in [5, 5.41) is 3.89. The molecule has 262 valence electrons. The van der Waals surface area contributed by atoms with Crippen molar-refractivity contribution in [1.82, 2.24) is 29.2 Å². The van der Waals surface area contributed by atoms with Crippen LogP contribution in [0.25, 0.3) is 44.7 Å². The summed E-state index contributed by atoms with van der Waals surface area (Å²) in [6.45, 7) is 11.1. The topological polar surface area (TPSA) is 130 Å². The van der Waals surface area contributed by atoms with Crippen LogP contribution in [0.1, 0.15) is 54.0 Å². The van der Waals surface area contributed by atoms with Crippen LogP contribution in [0, 0.1) is 20.8 Å². The summed E-state index contributed by atoms with van der Waals surface area (Å²) >= 11 is 0. The van der Waals surface area contributed by atoms with Crippen LogP contribution in [0.2, 0.25) is 0 Å². The van der Waals surface area contributed by atoms with E-state index in [4.69, 9.17) is 19.2 Å². The van der Waals surface area contributed by atoms with E-state index in [2.05, 4.69) is 69.2 Å². The highest BCUT2D eigenvalue weighted by atomic mass is 32.2. The van der Waals surface area contributed by atoms with Gasteiger partial charge in [-0.25, -0.2) is 23.1 Å². The smallest absolute Gasteiger partial charge is 0.266 e. The normalized spacial score (nSPS) is 12.0. The van der Waals surface area contributed by atoms with Crippen molar-refractivity contribution >= 4 is 38.0 Å². The van der Waals surface area contributed by atoms with Crippen molar-refractivity contribution in [3.05, 3.63) is 107 Å². The Balaban J connectivity index is 1.30. The van der Waals surface area contributed by atoms with Crippen LogP contribution in [-0.4, -0.2) is 44.3 Å². The molecule has 0 bridgehead atoms. The maximum absolute atomic E-state index is 13.7. The van der Waals surface area contributed by atoms with Gasteiger partial charge in [0.25, 0.3) is 10.0 Å². The Bertz CT molecular complexity index is 2510. The number of hydrogen-bond donors (Lipinski definition) is 1. The summed E-state index contributed by atoms with van der Waals surface area (Å²) in [5.41, 5.74) is 10.2. The average molecular weight is 704 g/mol. The Morgan fingerprint density at radius 1 is 0.941 bits per heavy atom. The van der Waals surface area contributed by atoms with Gasteiger partial charge in [0.15, 0.2) is 0 Å². The highest BCUT2D eigenvalue weighted by Gasteiger charge is 2.25. The number of fused-ring (bicyclic) bond motifs is 2. The van der Waals surface area contributed by atoms with Crippen LogP contribution in [0.3, 0.4) is 0 Å². The standard InChI is InChI=1S/C39H41N7O4S/c1-7-12-35-42-36-24(3)19-28(38-41-31-13-9-10-14-32(31)45(38)6)21-33(36)46(35)22-27-16-17-30(29(20-27)23-49-8-2)37-34(15-11-18-40-37)51(47,48)44-39-25(4)26(5)43-50-39/h9-11,13-21,44H,7-8,12,22-23H2,1-6H3. The molecule has 12 heteroatoms. The second-order valence-electron chi connectivity index (χ2n) is 12.8. The van der Waals surface area contributed by atoms with Gasteiger partial charge in [0.1, 0.15) is 16.5 Å². The van der Waals surface area contributed by atoms with Gasteiger partial charge in [-0.1, -0.05) is 42.4 Å². The minimum absolute atomic E-state index is 0.0275. The second kappa shape index (κ2) is 13.8. The first kappa shape index (κ1) is 34.1. The fraction of sp³-hybridized carbons (Fsp3) is 0.282. The molecular formula is C39H41N7O4S. The van der Waals surface area contributed by atoms with E-state index in [1.807, 2.05) is 37.3 Å². The van der Waals surface area contributed by atoms with Crippen molar-refractivity contribution in [2.24, 2.45) is 7.05 Å². The molecule has 0 atom stereocenters. The molecule has 1 N–H and O–H groups in total. The van der Waals surface area contributed by atoms with E-state index in [1.54, 1.807) is 32.2 Å². The quantitative estimate of drug-likeness (QED) is 0.136. The molecule has 0 unspecified atom stereocenters. The summed E-state index contributed by atoms with van der Waals surface area (Å²) < 4.78 is 45.6. The number of sulfonamides is 1. The molecule has 0 amide bonds. The predicted molar refractivity (Wildman–Crippen MR) is 199 cm³/mol. The highest BCUT2D eigenvalue weighted by molar-refractivity contribution is 7.92. The number of hydrogen-bond acceptors (Lipinski definition) is 8. The zero-order chi connectivity index (χ0) is 35.9. The highest BCUT2D eigenvalue weighted by Crippen LogP contribution is 2.34. The Kier molecular flexibility index (Phi) is 9.21. The fourth-order valence-corrected chi connectivity index (χ4v) is 7.77. The lowest BCUT2D eigenvalue weighted by Crippen LogP contribution is -2.15. The van der Waals surface area contributed by atoms with Crippen LogP contribution >= 0.6 is 0 Å². The Morgan fingerprint density at radius 3 is 2.51 bits per heavy atom. The van der Waals surface area contributed by atoms with Crippen molar-refractivity contribution < 1.29 is 17.7 Å². The first-order valence-corrected chi connectivity index (χ1v) is 18.6. The Morgan fingerprint density at radius 2 is 1.76 bits per heavy atom. The number of benzene rings is 3. The molecular weight excluding hydrogens is 663 g/mol. The van der Waals surface area contributed by atoms with Gasteiger partial charge < -0.3 is 18.4 Å². The lowest BCUT2D eigenvalue weighted by atomic mass is 10.0. The van der Waals surface area contributed by atoms with Gasteiger partial charge in [-0.3, -0.25) is 4.98 Å². The fourth-order valence-electron chi connectivity index (χ4n) is 6.55. The number of ether oxygens (including phenoxy) is 1. The minimum atomic E-state index is -4.08. The molecule has 7 rings (SSSR count). The van der Waals surface area contributed by atoms with Gasteiger partial charge in [-0.2, -0.15) is 0 Å². The number of aryl methyl sites for hydroxylation is 4. The minimum Gasteiger partial charge on any atom is -0.377 e. The van der Waals surface area contributed by atoms with E-state index in [9.17, 15) is 8.42 Å². The molecule has 0 radical (unpaired) electrons. The van der Waals surface area contributed by atoms with Crippen molar-refractivity contribution in [3.63, 3.8) is 0 Å². The number of pyridine rings is 1. The van der Waals surface area contributed by atoms with Crippen LogP contribution in [0.4, 0.5) is 5.88 Å². The maximum atomic E-state index is 13.7. The lowest BCUT2D eigenvalue weighted by molar-refractivity contribution is 0.134. The second-order valence-corrected chi connectivity index (χ2v) is 14.5. The maximum Gasteiger partial charge on any atom is 0.266 e. The third-order valence-corrected chi connectivity index (χ3v) is 10.7. The first-order valence-electron chi connectivity index (χ1n) is 17.1. The molecule has 0 fully saturated rings. The first-order chi connectivity index (χ1) is 24.6. The number of para-hydroxylation sites is 2. The van der Waals surface area contributed by atoms with Gasteiger partial charge >= 0.3 is 0 Å². The average Bonchev–Trinajstić information content (AvgIpc) is 3.76. The molecule has 0 spiro atoms. The van der Waals surface area contributed by atoms with E-state index >= 15 is 0 Å². The molecule has 0 saturated heterocycles. The summed E-state index contributed by atoms with van der Waals surface area (Å²) in [6.07, 6.45) is 3.37. The van der Waals surface area contributed by atoms with Crippen LogP contribution in [0.15, 0.2) is 82.3 Å². The van der Waals surface area contributed by atoms with Gasteiger partial charge in [-0.05, 0) is 87.2 Å². The van der Waals surface area contributed by atoms with Gasteiger partial charge in [-0.15, -0.1) is 0 Å². The number of rotatable bonds is 12. The molecule has 4 aromatic heterocycles. The number of imidazole rings is 2. The van der Waals surface area contributed by atoms with E-state index < -0.39 is 10.0 Å². The summed E-state index contributed by atoms with van der Waals surface area (Å²) in [4.78, 5) is 14.7. The number of nitrogens with zero attached hydrogens (tertiary/aromatic N) is 6. The lowest BCUT2D eigenvalue weighted by Gasteiger charge is -2.16. The third-order valence-electron chi connectivity index (χ3n) is 9.31. The summed E-state index contributed by atoms with van der Waals surface area (Å²) in [5.74, 6) is 1.99. The predicted octanol–water partition coefficient (Wildman–Crippen LogP) is 7.90. The molecule has 0 aliphatic heterocycles. The van der Waals surface area contributed by atoms with E-state index in [0.717, 1.165) is 68.8 Å². The van der Waals surface area contributed by atoms with Crippen LogP contribution < -0.4 is 4.72 Å². The van der Waals surface area contributed by atoms with Gasteiger partial charge in [0.05, 0.1) is 40.1 Å². The molecule has 0 saturated carbocycles. The van der Waals surface area contributed by atoms with E-state index in [1.165, 1.54) is 0 Å². The van der Waals surface area contributed by atoms with E-state index in [0.29, 0.717) is 35.7 Å². The van der Waals surface area contributed by atoms with Crippen molar-refractivity contribution in [1.29, 1.82) is 0 Å². The van der Waals surface area contributed by atoms with Crippen LogP contribution in [0.5, 0.6) is 0 Å². The van der Waals surface area contributed by atoms with E-state index in [-0.39, 0.29) is 17.4 Å². The third kappa shape index (κ3) is 6.41. The molecule has 0 aliphatic rings. The summed E-state index contributed by atoms with van der Waals surface area (Å²) in [7, 11) is -2.02. The Hall–Kier alpha value is -5.33. The molecule has 7 aromatic rings. The number of aromatic nitrogens is 6. The molecule has 0 aliphatic carbocycles. The zero-order valence-electron chi connectivity index (χ0n) is 29.7. The van der Waals surface area contributed by atoms with Crippen LogP contribution in [-0.2, 0) is 41.4 Å².